The second-order valence-corrected chi connectivity index (χ2v) is 3.42. The van der Waals surface area contributed by atoms with Crippen molar-refractivity contribution in [1.29, 1.82) is 0 Å². The lowest BCUT2D eigenvalue weighted by Gasteiger charge is -2.14. The van der Waals surface area contributed by atoms with Crippen molar-refractivity contribution >= 4 is 17.3 Å². The summed E-state index contributed by atoms with van der Waals surface area (Å²) >= 11 is 0. The number of carbonyl (C=O) groups is 1. The molecule has 0 spiro atoms. The highest BCUT2D eigenvalue weighted by Crippen LogP contribution is 2.31. The Labute approximate surface area is 81.3 Å². The van der Waals surface area contributed by atoms with Gasteiger partial charge < -0.3 is 10.6 Å². The van der Waals surface area contributed by atoms with Crippen molar-refractivity contribution in [3.8, 4) is 0 Å². The summed E-state index contributed by atoms with van der Waals surface area (Å²) in [5, 5.41) is 0. The first-order valence-electron chi connectivity index (χ1n) is 4.45. The third kappa shape index (κ3) is 1.23. The Morgan fingerprint density at radius 3 is 2.93 bits per heavy atom. The number of benzene rings is 1. The molecule has 2 N–H and O–H groups in total. The van der Waals surface area contributed by atoms with E-state index in [2.05, 4.69) is 0 Å². The van der Waals surface area contributed by atoms with Crippen molar-refractivity contribution < 1.29 is 9.18 Å². The van der Waals surface area contributed by atoms with Crippen LogP contribution in [0.5, 0.6) is 0 Å². The molecule has 1 aromatic carbocycles. The molecule has 1 aliphatic rings. The molecule has 0 aliphatic carbocycles. The van der Waals surface area contributed by atoms with Gasteiger partial charge in [0.05, 0.1) is 5.69 Å². The van der Waals surface area contributed by atoms with E-state index in [1.165, 1.54) is 19.1 Å². The van der Waals surface area contributed by atoms with Crippen LogP contribution in [0, 0.1) is 5.82 Å². The predicted octanol–water partition coefficient (Wildman–Crippen LogP) is 1.32. The summed E-state index contributed by atoms with van der Waals surface area (Å²) in [6, 6.07) is 2.94. The number of nitrogen functional groups attached to an aromatic ring is 1. The molecule has 1 aliphatic heterocycles. The highest BCUT2D eigenvalue weighted by atomic mass is 19.1. The molecule has 1 aromatic rings. The monoisotopic (exact) mass is 194 g/mol. The number of amides is 1. The Bertz CT molecular complexity index is 403. The molecule has 0 unspecified atom stereocenters. The molecule has 3 nitrogen and oxygen atoms in total. The van der Waals surface area contributed by atoms with Gasteiger partial charge in [-0.1, -0.05) is 0 Å². The second-order valence-electron chi connectivity index (χ2n) is 3.42. The lowest BCUT2D eigenvalue weighted by atomic mass is 10.1. The number of nitrogens with two attached hydrogens (primary N) is 1. The molecule has 0 saturated carbocycles. The van der Waals surface area contributed by atoms with Gasteiger partial charge in [0.15, 0.2) is 0 Å². The highest BCUT2D eigenvalue weighted by molar-refractivity contribution is 5.94. The van der Waals surface area contributed by atoms with Crippen LogP contribution in [-0.2, 0) is 11.2 Å². The zero-order valence-corrected chi connectivity index (χ0v) is 7.88. The number of hydrogen-bond acceptors (Lipinski definition) is 2. The van der Waals surface area contributed by atoms with Crippen LogP contribution in [-0.4, -0.2) is 12.5 Å². The fraction of sp³-hybridized carbons (Fsp3) is 0.300. The number of rotatable bonds is 0. The van der Waals surface area contributed by atoms with Gasteiger partial charge in [-0.25, -0.2) is 4.39 Å². The first-order chi connectivity index (χ1) is 6.59. The van der Waals surface area contributed by atoms with E-state index in [1.807, 2.05) is 0 Å². The minimum absolute atomic E-state index is 0.0326. The molecule has 0 fully saturated rings. The molecule has 0 bridgehead atoms. The summed E-state index contributed by atoms with van der Waals surface area (Å²) in [5.74, 6) is -0.441. The second kappa shape index (κ2) is 2.97. The van der Waals surface area contributed by atoms with E-state index in [9.17, 15) is 9.18 Å². The standard InChI is InChI=1S/C10H11FN2O/c1-6(14)13-3-2-7-4-8(11)9(12)5-10(7)13/h4-5H,2-3,12H2,1H3. The zero-order chi connectivity index (χ0) is 10.3. The fourth-order valence-electron chi connectivity index (χ4n) is 1.75. The topological polar surface area (TPSA) is 46.3 Å². The summed E-state index contributed by atoms with van der Waals surface area (Å²) in [6.45, 7) is 2.11. The summed E-state index contributed by atoms with van der Waals surface area (Å²) in [6.07, 6.45) is 0.701. The van der Waals surface area contributed by atoms with Gasteiger partial charge in [0.2, 0.25) is 5.91 Å². The van der Waals surface area contributed by atoms with Crippen molar-refractivity contribution in [3.05, 3.63) is 23.5 Å². The van der Waals surface area contributed by atoms with Gasteiger partial charge in [-0.05, 0) is 24.1 Å². The summed E-state index contributed by atoms with van der Waals surface area (Å²) in [4.78, 5) is 12.8. The molecular formula is C10H11FN2O. The maximum Gasteiger partial charge on any atom is 0.223 e. The quantitative estimate of drug-likeness (QED) is 0.633. The van der Waals surface area contributed by atoms with Crippen LogP contribution in [0.3, 0.4) is 0 Å². The molecule has 74 valence electrons. The first-order valence-corrected chi connectivity index (χ1v) is 4.45. The van der Waals surface area contributed by atoms with Crippen LogP contribution in [0.1, 0.15) is 12.5 Å². The maximum absolute atomic E-state index is 13.1. The number of nitrogens with zero attached hydrogens (tertiary/aromatic N) is 1. The molecule has 1 heterocycles. The predicted molar refractivity (Wildman–Crippen MR) is 52.5 cm³/mol. The van der Waals surface area contributed by atoms with Gasteiger partial charge in [0, 0.05) is 19.2 Å². The first kappa shape index (κ1) is 8.99. The fourth-order valence-corrected chi connectivity index (χ4v) is 1.75. The van der Waals surface area contributed by atoms with Gasteiger partial charge in [0.1, 0.15) is 5.82 Å². The lowest BCUT2D eigenvalue weighted by molar-refractivity contribution is -0.116. The van der Waals surface area contributed by atoms with Crippen molar-refractivity contribution in [1.82, 2.24) is 0 Å². The third-order valence-electron chi connectivity index (χ3n) is 2.47. The minimum atomic E-state index is -0.408. The average molecular weight is 194 g/mol. The highest BCUT2D eigenvalue weighted by Gasteiger charge is 2.23. The van der Waals surface area contributed by atoms with Crippen LogP contribution in [0.15, 0.2) is 12.1 Å². The SMILES string of the molecule is CC(=O)N1CCc2cc(F)c(N)cc21. The molecule has 0 atom stereocenters. The number of halogens is 1. The van der Waals surface area contributed by atoms with E-state index >= 15 is 0 Å². The Kier molecular flexibility index (Phi) is 1.91. The van der Waals surface area contributed by atoms with E-state index in [0.29, 0.717) is 13.0 Å². The number of hydrogen-bond donors (Lipinski definition) is 1. The van der Waals surface area contributed by atoms with Crippen LogP contribution in [0.4, 0.5) is 15.8 Å². The lowest BCUT2D eigenvalue weighted by Crippen LogP contribution is -2.25. The molecule has 0 radical (unpaired) electrons. The van der Waals surface area contributed by atoms with Crippen molar-refractivity contribution in [2.45, 2.75) is 13.3 Å². The largest absolute Gasteiger partial charge is 0.396 e. The smallest absolute Gasteiger partial charge is 0.223 e. The van der Waals surface area contributed by atoms with Crippen LogP contribution in [0.2, 0.25) is 0 Å². The van der Waals surface area contributed by atoms with E-state index < -0.39 is 5.82 Å². The summed E-state index contributed by atoms with van der Waals surface area (Å²) in [5.41, 5.74) is 7.14. The van der Waals surface area contributed by atoms with Crippen molar-refractivity contribution in [2.75, 3.05) is 17.2 Å². The van der Waals surface area contributed by atoms with Crippen molar-refractivity contribution in [3.63, 3.8) is 0 Å². The van der Waals surface area contributed by atoms with Crippen LogP contribution in [0.25, 0.3) is 0 Å². The van der Waals surface area contributed by atoms with Crippen molar-refractivity contribution in [2.24, 2.45) is 0 Å². The van der Waals surface area contributed by atoms with E-state index in [1.54, 1.807) is 4.90 Å². The van der Waals surface area contributed by atoms with Gasteiger partial charge in [-0.3, -0.25) is 4.79 Å². The number of fused-ring (bicyclic) bond motifs is 1. The maximum atomic E-state index is 13.1. The number of carbonyl (C=O) groups excluding carboxylic acids is 1. The zero-order valence-electron chi connectivity index (χ0n) is 7.88. The summed E-state index contributed by atoms with van der Waals surface area (Å²) < 4.78 is 13.1. The van der Waals surface area contributed by atoms with Crippen LogP contribution >= 0.6 is 0 Å². The van der Waals surface area contributed by atoms with Gasteiger partial charge in [-0.15, -0.1) is 0 Å². The molecule has 1 amide bonds. The molecule has 2 rings (SSSR count). The van der Waals surface area contributed by atoms with Gasteiger partial charge in [0.25, 0.3) is 0 Å². The van der Waals surface area contributed by atoms with E-state index in [0.717, 1.165) is 11.3 Å². The molecule has 0 aromatic heterocycles. The Morgan fingerprint density at radius 1 is 1.57 bits per heavy atom. The van der Waals surface area contributed by atoms with Gasteiger partial charge in [-0.2, -0.15) is 0 Å². The molecule has 4 heteroatoms. The third-order valence-corrected chi connectivity index (χ3v) is 2.47. The normalized spacial score (nSPS) is 14.3. The Morgan fingerprint density at radius 2 is 2.29 bits per heavy atom. The molecular weight excluding hydrogens is 183 g/mol. The van der Waals surface area contributed by atoms with Gasteiger partial charge >= 0.3 is 0 Å². The van der Waals surface area contributed by atoms with E-state index in [-0.39, 0.29) is 11.6 Å². The average Bonchev–Trinajstić information content (AvgIpc) is 2.48. The summed E-state index contributed by atoms with van der Waals surface area (Å²) in [7, 11) is 0. The Balaban J connectivity index is 2.50. The molecule has 0 saturated heterocycles. The molecule has 14 heavy (non-hydrogen) atoms. The Hall–Kier alpha value is -1.58. The van der Waals surface area contributed by atoms with E-state index in [4.69, 9.17) is 5.73 Å². The number of anilines is 2. The van der Waals surface area contributed by atoms with Crippen LogP contribution < -0.4 is 10.6 Å². The minimum Gasteiger partial charge on any atom is -0.396 e.